The molecule has 2 aromatic carbocycles. The van der Waals surface area contributed by atoms with Crippen molar-refractivity contribution in [3.8, 4) is 0 Å². The van der Waals surface area contributed by atoms with Crippen molar-refractivity contribution in [1.29, 1.82) is 0 Å². The summed E-state index contributed by atoms with van der Waals surface area (Å²) in [6.07, 6.45) is -0.444. The third-order valence-corrected chi connectivity index (χ3v) is 8.29. The number of carbonyl (C=O) groups is 4. The first kappa shape index (κ1) is 28.4. The maximum Gasteiger partial charge on any atom is 0.412 e. The van der Waals surface area contributed by atoms with E-state index >= 15 is 4.39 Å². The quantitative estimate of drug-likeness (QED) is 0.365. The molecule has 9 nitrogen and oxygen atoms in total. The van der Waals surface area contributed by atoms with Gasteiger partial charge in [-0.2, -0.15) is 0 Å². The first-order chi connectivity index (χ1) is 19.5. The Balaban J connectivity index is 1.46. The molecule has 3 amide bonds. The molecule has 0 saturated carbocycles. The molecular weight excluding hydrogens is 587 g/mol. The van der Waals surface area contributed by atoms with E-state index in [4.69, 9.17) is 21.4 Å². The highest BCUT2D eigenvalue weighted by molar-refractivity contribution is 7.15. The lowest BCUT2D eigenvalue weighted by Gasteiger charge is -2.45. The van der Waals surface area contributed by atoms with Gasteiger partial charge in [0, 0.05) is 13.0 Å². The topological polar surface area (TPSA) is 125 Å². The molecule has 214 valence electrons. The van der Waals surface area contributed by atoms with E-state index in [-0.39, 0.29) is 47.1 Å². The minimum Gasteiger partial charge on any atom is -0.477 e. The Hall–Kier alpha value is -4.10. The van der Waals surface area contributed by atoms with E-state index < -0.39 is 57.8 Å². The number of halogens is 4. The lowest BCUT2D eigenvalue weighted by Crippen LogP contribution is -2.57. The van der Waals surface area contributed by atoms with Crippen molar-refractivity contribution < 1.29 is 42.2 Å². The largest absolute Gasteiger partial charge is 0.477 e. The molecule has 2 aliphatic rings. The summed E-state index contributed by atoms with van der Waals surface area (Å²) in [5.41, 5.74) is -0.922. The van der Waals surface area contributed by atoms with Crippen molar-refractivity contribution in [3.05, 3.63) is 85.8 Å². The van der Waals surface area contributed by atoms with Gasteiger partial charge in [0.25, 0.3) is 5.91 Å². The van der Waals surface area contributed by atoms with Crippen LogP contribution in [0.25, 0.3) is 0 Å². The number of likely N-dealkylation sites (tertiary alicyclic amines) is 1. The van der Waals surface area contributed by atoms with Gasteiger partial charge in [0.2, 0.25) is 5.91 Å². The van der Waals surface area contributed by atoms with Crippen molar-refractivity contribution in [2.45, 2.75) is 30.9 Å². The van der Waals surface area contributed by atoms with Gasteiger partial charge in [0.05, 0.1) is 27.7 Å². The number of rotatable bonds is 6. The standard InChI is InChI=1S/C27H21ClF3N3O6S/c28-15-6-7-17-20(21(15)31)27(40-26(39)33-17)8-1-9-34(12-27)24(36)18(10-13-2-4-14(29)5-3-13)32-23(35)19-11-16(30)22(41-19)25(37)38/h2-7,11,18H,1,8-10,12H2,(H,32,35)(H,33,39)(H,37,38)/t18-,27-/m0/s1. The predicted octanol–water partition coefficient (Wildman–Crippen LogP) is 4.94. The first-order valence-electron chi connectivity index (χ1n) is 12.3. The van der Waals surface area contributed by atoms with Gasteiger partial charge in [0.15, 0.2) is 11.4 Å². The number of hydrogen-bond donors (Lipinski definition) is 3. The number of carboxylic acids is 1. The molecule has 2 atom stereocenters. The van der Waals surface area contributed by atoms with Crippen LogP contribution in [0.2, 0.25) is 5.02 Å². The van der Waals surface area contributed by atoms with Gasteiger partial charge in [-0.05, 0) is 48.7 Å². The second-order valence-electron chi connectivity index (χ2n) is 9.61. The van der Waals surface area contributed by atoms with E-state index in [1.165, 1.54) is 41.3 Å². The number of hydrogen-bond acceptors (Lipinski definition) is 6. The normalized spacial score (nSPS) is 18.7. The van der Waals surface area contributed by atoms with Crippen molar-refractivity contribution in [1.82, 2.24) is 10.2 Å². The molecule has 1 aromatic heterocycles. The smallest absolute Gasteiger partial charge is 0.412 e. The van der Waals surface area contributed by atoms with Crippen LogP contribution in [-0.4, -0.2) is 53.0 Å². The number of anilines is 1. The number of carboxylic acid groups (broad SMARTS) is 1. The third kappa shape index (κ3) is 5.59. The van der Waals surface area contributed by atoms with Crippen LogP contribution in [0.4, 0.5) is 23.7 Å². The minimum atomic E-state index is -1.56. The zero-order chi connectivity index (χ0) is 29.5. The summed E-state index contributed by atoms with van der Waals surface area (Å²) >= 11 is 6.43. The number of nitrogens with one attached hydrogen (secondary N) is 2. The number of piperidine rings is 1. The Morgan fingerprint density at radius 1 is 1.17 bits per heavy atom. The number of aromatic carboxylic acids is 1. The Morgan fingerprint density at radius 3 is 2.59 bits per heavy atom. The average molecular weight is 608 g/mol. The van der Waals surface area contributed by atoms with Gasteiger partial charge in [-0.15, -0.1) is 11.3 Å². The van der Waals surface area contributed by atoms with E-state index in [1.807, 2.05) is 0 Å². The summed E-state index contributed by atoms with van der Waals surface area (Å²) < 4.78 is 48.4. The van der Waals surface area contributed by atoms with Crippen LogP contribution in [-0.2, 0) is 21.6 Å². The molecule has 1 saturated heterocycles. The fourth-order valence-corrected chi connectivity index (χ4v) is 6.03. The van der Waals surface area contributed by atoms with Crippen LogP contribution in [0.5, 0.6) is 0 Å². The van der Waals surface area contributed by atoms with Gasteiger partial charge in [-0.25, -0.2) is 22.8 Å². The van der Waals surface area contributed by atoms with Crippen LogP contribution < -0.4 is 10.6 Å². The van der Waals surface area contributed by atoms with Crippen molar-refractivity contribution in [2.75, 3.05) is 18.4 Å². The molecule has 1 fully saturated rings. The van der Waals surface area contributed by atoms with Gasteiger partial charge in [-0.3, -0.25) is 14.9 Å². The molecular formula is C27H21ClF3N3O6S. The minimum absolute atomic E-state index is 0.00326. The molecule has 3 N–H and O–H groups in total. The zero-order valence-electron chi connectivity index (χ0n) is 21.0. The van der Waals surface area contributed by atoms with Crippen molar-refractivity contribution in [3.63, 3.8) is 0 Å². The Labute approximate surface area is 239 Å². The van der Waals surface area contributed by atoms with Gasteiger partial charge in [0.1, 0.15) is 22.6 Å². The molecule has 3 heterocycles. The van der Waals surface area contributed by atoms with E-state index in [9.17, 15) is 28.0 Å². The predicted molar refractivity (Wildman–Crippen MR) is 142 cm³/mol. The molecule has 41 heavy (non-hydrogen) atoms. The number of amides is 3. The number of fused-ring (bicyclic) bond motifs is 2. The SMILES string of the molecule is O=C1Nc2ccc(Cl)c(F)c2[C@@]2(CCCN(C(=O)[C@H](Cc3ccc(F)cc3)NC(=O)c3cc(F)c(C(=O)O)s3)C2)O1. The zero-order valence-corrected chi connectivity index (χ0v) is 22.6. The highest BCUT2D eigenvalue weighted by Crippen LogP contribution is 2.45. The molecule has 1 spiro atoms. The summed E-state index contributed by atoms with van der Waals surface area (Å²) in [4.78, 5) is 50.9. The fraction of sp³-hybridized carbons (Fsp3) is 0.259. The third-order valence-electron chi connectivity index (χ3n) is 6.90. The van der Waals surface area contributed by atoms with E-state index in [1.54, 1.807) is 0 Å². The maximum atomic E-state index is 15.3. The Bertz CT molecular complexity index is 1570. The molecule has 2 aliphatic heterocycles. The molecule has 0 radical (unpaired) electrons. The van der Waals surface area contributed by atoms with E-state index in [2.05, 4.69) is 10.6 Å². The first-order valence-corrected chi connectivity index (χ1v) is 13.5. The fourth-order valence-electron chi connectivity index (χ4n) is 5.09. The van der Waals surface area contributed by atoms with E-state index in [0.29, 0.717) is 23.3 Å². The molecule has 3 aromatic rings. The second kappa shape index (κ2) is 11.1. The molecule has 14 heteroatoms. The van der Waals surface area contributed by atoms with Crippen molar-refractivity contribution in [2.24, 2.45) is 0 Å². The van der Waals surface area contributed by atoms with Crippen LogP contribution in [0, 0.1) is 17.5 Å². The summed E-state index contributed by atoms with van der Waals surface area (Å²) in [5.74, 6) is -5.49. The monoisotopic (exact) mass is 607 g/mol. The van der Waals surface area contributed by atoms with Gasteiger partial charge >= 0.3 is 12.1 Å². The Morgan fingerprint density at radius 2 is 1.90 bits per heavy atom. The summed E-state index contributed by atoms with van der Waals surface area (Å²) in [6, 6.07) is 7.43. The van der Waals surface area contributed by atoms with Gasteiger partial charge < -0.3 is 20.1 Å². The van der Waals surface area contributed by atoms with Crippen LogP contribution in [0.3, 0.4) is 0 Å². The maximum absolute atomic E-state index is 15.3. The lowest BCUT2D eigenvalue weighted by molar-refractivity contribution is -0.141. The molecule has 0 unspecified atom stereocenters. The van der Waals surface area contributed by atoms with Crippen molar-refractivity contribution >= 4 is 52.5 Å². The van der Waals surface area contributed by atoms with Crippen LogP contribution in [0.15, 0.2) is 42.5 Å². The highest BCUT2D eigenvalue weighted by Gasteiger charge is 2.49. The van der Waals surface area contributed by atoms with Crippen LogP contribution >= 0.6 is 22.9 Å². The number of benzene rings is 2. The number of carbonyl (C=O) groups excluding carboxylic acids is 3. The summed E-state index contributed by atoms with van der Waals surface area (Å²) in [6.45, 7) is -0.0776. The number of nitrogens with zero attached hydrogens (tertiary/aromatic N) is 1. The Kier molecular flexibility index (Phi) is 7.66. The number of ether oxygens (including phenoxy) is 1. The lowest BCUT2D eigenvalue weighted by atomic mass is 9.82. The number of thiophene rings is 1. The van der Waals surface area contributed by atoms with Crippen LogP contribution in [0.1, 0.15) is 43.3 Å². The second-order valence-corrected chi connectivity index (χ2v) is 11.1. The highest BCUT2D eigenvalue weighted by atomic mass is 35.5. The van der Waals surface area contributed by atoms with Gasteiger partial charge in [-0.1, -0.05) is 23.7 Å². The average Bonchev–Trinajstić information content (AvgIpc) is 3.33. The molecule has 0 bridgehead atoms. The summed E-state index contributed by atoms with van der Waals surface area (Å²) in [5, 5.41) is 13.9. The summed E-state index contributed by atoms with van der Waals surface area (Å²) in [7, 11) is 0. The van der Waals surface area contributed by atoms with E-state index in [0.717, 1.165) is 6.07 Å². The molecule has 5 rings (SSSR count). The molecule has 0 aliphatic carbocycles.